The molecular formula is C20H28N4O2. The van der Waals surface area contributed by atoms with Crippen molar-refractivity contribution in [1.82, 2.24) is 15.3 Å². The van der Waals surface area contributed by atoms with Crippen LogP contribution in [0.2, 0.25) is 0 Å². The fourth-order valence-electron chi connectivity index (χ4n) is 3.22. The van der Waals surface area contributed by atoms with Crippen molar-refractivity contribution in [2.24, 2.45) is 5.92 Å². The van der Waals surface area contributed by atoms with E-state index in [0.717, 1.165) is 49.2 Å². The third-order valence-corrected chi connectivity index (χ3v) is 4.70. The highest BCUT2D eigenvalue weighted by atomic mass is 16.5. The second-order valence-electron chi connectivity index (χ2n) is 7.04. The Morgan fingerprint density at radius 2 is 2.00 bits per heavy atom. The second-order valence-corrected chi connectivity index (χ2v) is 7.04. The second kappa shape index (κ2) is 8.94. The number of benzene rings is 1. The maximum absolute atomic E-state index is 12.3. The van der Waals surface area contributed by atoms with Crippen LogP contribution in [0, 0.1) is 5.92 Å². The van der Waals surface area contributed by atoms with Crippen LogP contribution in [0.5, 0.6) is 0 Å². The zero-order valence-electron chi connectivity index (χ0n) is 15.6. The molecule has 0 aliphatic carbocycles. The van der Waals surface area contributed by atoms with Gasteiger partial charge in [0.05, 0.1) is 23.3 Å². The molecule has 0 unspecified atom stereocenters. The lowest BCUT2D eigenvalue weighted by Gasteiger charge is -2.32. The normalized spacial score (nSPS) is 15.6. The van der Waals surface area contributed by atoms with Gasteiger partial charge in [0.15, 0.2) is 0 Å². The molecule has 1 amide bonds. The summed E-state index contributed by atoms with van der Waals surface area (Å²) < 4.78 is 5.49. The topological polar surface area (TPSA) is 67.3 Å². The van der Waals surface area contributed by atoms with Crippen LogP contribution < -0.4 is 10.2 Å². The van der Waals surface area contributed by atoms with E-state index in [1.165, 1.54) is 0 Å². The van der Waals surface area contributed by atoms with Crippen molar-refractivity contribution in [2.75, 3.05) is 31.1 Å². The third-order valence-electron chi connectivity index (χ3n) is 4.70. The number of hydrogen-bond donors (Lipinski definition) is 1. The van der Waals surface area contributed by atoms with Gasteiger partial charge in [-0.15, -0.1) is 0 Å². The van der Waals surface area contributed by atoms with E-state index < -0.39 is 0 Å². The summed E-state index contributed by atoms with van der Waals surface area (Å²) in [6.45, 7) is 7.08. The van der Waals surface area contributed by atoms with Crippen LogP contribution in [-0.2, 0) is 9.53 Å². The Balaban J connectivity index is 1.45. The van der Waals surface area contributed by atoms with Crippen molar-refractivity contribution in [3.63, 3.8) is 0 Å². The molecule has 1 aromatic carbocycles. The standard InChI is InChI=1S/C20H28N4O2/c1-15(2)26-13-5-10-21-20(25)16-8-11-24(12-9-16)19-14-22-17-6-3-4-7-18(17)23-19/h3-4,6-7,14-16H,5,8-13H2,1-2H3,(H,21,25). The Bertz CT molecular complexity index is 727. The SMILES string of the molecule is CC(C)OCCCNC(=O)C1CCN(c2cnc3ccccc3n2)CC1. The molecule has 6 nitrogen and oxygen atoms in total. The molecular weight excluding hydrogens is 328 g/mol. The van der Waals surface area contributed by atoms with Crippen LogP contribution in [0.3, 0.4) is 0 Å². The molecule has 140 valence electrons. The maximum atomic E-state index is 12.3. The lowest BCUT2D eigenvalue weighted by atomic mass is 9.96. The first-order chi connectivity index (χ1) is 12.6. The van der Waals surface area contributed by atoms with Crippen LogP contribution in [-0.4, -0.2) is 48.2 Å². The third kappa shape index (κ3) is 4.91. The first-order valence-corrected chi connectivity index (χ1v) is 9.49. The summed E-state index contributed by atoms with van der Waals surface area (Å²) in [5.41, 5.74) is 1.82. The maximum Gasteiger partial charge on any atom is 0.223 e. The molecule has 1 aliphatic rings. The molecule has 0 radical (unpaired) electrons. The van der Waals surface area contributed by atoms with Crippen LogP contribution in [0.1, 0.15) is 33.1 Å². The van der Waals surface area contributed by atoms with Gasteiger partial charge in [-0.3, -0.25) is 9.78 Å². The molecule has 26 heavy (non-hydrogen) atoms. The fourth-order valence-corrected chi connectivity index (χ4v) is 3.22. The Kier molecular flexibility index (Phi) is 6.39. The number of fused-ring (bicyclic) bond motifs is 1. The number of aromatic nitrogens is 2. The van der Waals surface area contributed by atoms with Crippen LogP contribution in [0.25, 0.3) is 11.0 Å². The Hall–Kier alpha value is -2.21. The van der Waals surface area contributed by atoms with Gasteiger partial charge in [0, 0.05) is 32.2 Å². The zero-order chi connectivity index (χ0) is 18.4. The number of nitrogens with zero attached hydrogens (tertiary/aromatic N) is 3. The summed E-state index contributed by atoms with van der Waals surface area (Å²) in [7, 11) is 0. The number of piperidine rings is 1. The summed E-state index contributed by atoms with van der Waals surface area (Å²) in [5, 5.41) is 3.04. The highest BCUT2D eigenvalue weighted by molar-refractivity contribution is 5.79. The van der Waals surface area contributed by atoms with E-state index in [0.29, 0.717) is 13.2 Å². The average Bonchev–Trinajstić information content (AvgIpc) is 2.67. The predicted octanol–water partition coefficient (Wildman–Crippen LogP) is 2.78. The van der Waals surface area contributed by atoms with Gasteiger partial charge >= 0.3 is 0 Å². The molecule has 1 N–H and O–H groups in total. The molecule has 2 aromatic rings. The van der Waals surface area contributed by atoms with E-state index >= 15 is 0 Å². The molecule has 0 bridgehead atoms. The zero-order valence-corrected chi connectivity index (χ0v) is 15.6. The molecule has 1 aliphatic heterocycles. The Morgan fingerprint density at radius 1 is 1.27 bits per heavy atom. The fraction of sp³-hybridized carbons (Fsp3) is 0.550. The molecule has 0 spiro atoms. The number of hydrogen-bond acceptors (Lipinski definition) is 5. The van der Waals surface area contributed by atoms with Gasteiger partial charge in [0.1, 0.15) is 5.82 Å². The van der Waals surface area contributed by atoms with Crippen molar-refractivity contribution >= 4 is 22.8 Å². The highest BCUT2D eigenvalue weighted by Gasteiger charge is 2.25. The minimum absolute atomic E-state index is 0.0886. The molecule has 2 heterocycles. The quantitative estimate of drug-likeness (QED) is 0.773. The average molecular weight is 356 g/mol. The number of anilines is 1. The predicted molar refractivity (Wildman–Crippen MR) is 103 cm³/mol. The summed E-state index contributed by atoms with van der Waals surface area (Å²) >= 11 is 0. The Labute approximate surface area is 155 Å². The molecule has 1 saturated heterocycles. The van der Waals surface area contributed by atoms with Gasteiger partial charge in [-0.2, -0.15) is 0 Å². The lowest BCUT2D eigenvalue weighted by Crippen LogP contribution is -2.41. The van der Waals surface area contributed by atoms with Crippen molar-refractivity contribution < 1.29 is 9.53 Å². The van der Waals surface area contributed by atoms with Crippen LogP contribution in [0.15, 0.2) is 30.5 Å². The monoisotopic (exact) mass is 356 g/mol. The van der Waals surface area contributed by atoms with Gasteiger partial charge < -0.3 is 15.0 Å². The lowest BCUT2D eigenvalue weighted by molar-refractivity contribution is -0.125. The number of amides is 1. The molecule has 6 heteroatoms. The van der Waals surface area contributed by atoms with Crippen molar-refractivity contribution in [1.29, 1.82) is 0 Å². The van der Waals surface area contributed by atoms with Crippen molar-refractivity contribution in [2.45, 2.75) is 39.2 Å². The largest absolute Gasteiger partial charge is 0.379 e. The Morgan fingerprint density at radius 3 is 2.73 bits per heavy atom. The molecule has 3 rings (SSSR count). The first-order valence-electron chi connectivity index (χ1n) is 9.49. The number of carbonyl (C=O) groups excluding carboxylic acids is 1. The number of carbonyl (C=O) groups is 1. The molecule has 1 aromatic heterocycles. The van der Waals surface area contributed by atoms with Gasteiger partial charge in [0.2, 0.25) is 5.91 Å². The summed E-state index contributed by atoms with van der Waals surface area (Å²) in [6, 6.07) is 7.89. The van der Waals surface area contributed by atoms with Crippen LogP contribution >= 0.6 is 0 Å². The van der Waals surface area contributed by atoms with E-state index in [-0.39, 0.29) is 17.9 Å². The summed E-state index contributed by atoms with van der Waals surface area (Å²) in [4.78, 5) is 23.7. The molecule has 0 atom stereocenters. The molecule has 0 saturated carbocycles. The van der Waals surface area contributed by atoms with Crippen LogP contribution in [0.4, 0.5) is 5.82 Å². The van der Waals surface area contributed by atoms with Gasteiger partial charge in [-0.1, -0.05) is 12.1 Å². The van der Waals surface area contributed by atoms with E-state index in [2.05, 4.69) is 15.2 Å². The highest BCUT2D eigenvalue weighted by Crippen LogP contribution is 2.23. The smallest absolute Gasteiger partial charge is 0.223 e. The van der Waals surface area contributed by atoms with E-state index in [1.807, 2.05) is 44.3 Å². The first kappa shape index (κ1) is 18.6. The van der Waals surface area contributed by atoms with Gasteiger partial charge in [-0.25, -0.2) is 4.98 Å². The number of rotatable bonds is 7. The number of para-hydroxylation sites is 2. The van der Waals surface area contributed by atoms with Crippen molar-refractivity contribution in [3.8, 4) is 0 Å². The van der Waals surface area contributed by atoms with Gasteiger partial charge in [-0.05, 0) is 45.2 Å². The summed E-state index contributed by atoms with van der Waals surface area (Å²) in [5.74, 6) is 1.15. The van der Waals surface area contributed by atoms with E-state index in [4.69, 9.17) is 9.72 Å². The minimum Gasteiger partial charge on any atom is -0.379 e. The van der Waals surface area contributed by atoms with Crippen molar-refractivity contribution in [3.05, 3.63) is 30.5 Å². The van der Waals surface area contributed by atoms with Gasteiger partial charge in [0.25, 0.3) is 0 Å². The number of ether oxygens (including phenoxy) is 1. The van der Waals surface area contributed by atoms with E-state index in [9.17, 15) is 4.79 Å². The summed E-state index contributed by atoms with van der Waals surface area (Å²) in [6.07, 6.45) is 4.63. The van der Waals surface area contributed by atoms with E-state index in [1.54, 1.807) is 0 Å². The minimum atomic E-state index is 0.0886. The number of nitrogens with one attached hydrogen (secondary N) is 1. The molecule has 1 fully saturated rings.